The van der Waals surface area contributed by atoms with Crippen molar-refractivity contribution in [2.75, 3.05) is 0 Å². The molecule has 0 radical (unpaired) electrons. The van der Waals surface area contributed by atoms with Crippen LogP contribution in [0.4, 0.5) is 0 Å². The first-order valence-electron chi connectivity index (χ1n) is 4.19. The molecule has 0 spiro atoms. The Labute approximate surface area is 70.1 Å². The van der Waals surface area contributed by atoms with E-state index in [0.29, 0.717) is 0 Å². The molecule has 0 saturated heterocycles. The van der Waals surface area contributed by atoms with Crippen LogP contribution in [-0.4, -0.2) is 10.7 Å². The van der Waals surface area contributed by atoms with Crippen LogP contribution in [0.2, 0.25) is 0 Å². The lowest BCUT2D eigenvalue weighted by molar-refractivity contribution is 0.0388. The monoisotopic (exact) mass is 156 g/mol. The van der Waals surface area contributed by atoms with Crippen molar-refractivity contribution in [2.24, 2.45) is 5.41 Å². The molecule has 0 fully saturated rings. The Balaban J connectivity index is 4.19. The van der Waals surface area contributed by atoms with Crippen molar-refractivity contribution in [1.29, 1.82) is 0 Å². The molecule has 1 heteroatoms. The van der Waals surface area contributed by atoms with Gasteiger partial charge in [-0.15, -0.1) is 6.58 Å². The van der Waals surface area contributed by atoms with E-state index in [1.54, 1.807) is 0 Å². The molecule has 0 aliphatic rings. The smallest absolute Gasteiger partial charge is 0.0599 e. The summed E-state index contributed by atoms with van der Waals surface area (Å²) >= 11 is 0. The van der Waals surface area contributed by atoms with Gasteiger partial charge in [-0.2, -0.15) is 0 Å². The van der Waals surface area contributed by atoms with E-state index in [4.69, 9.17) is 0 Å². The molecule has 1 unspecified atom stereocenters. The summed E-state index contributed by atoms with van der Waals surface area (Å²) in [6, 6.07) is 0. The first-order chi connectivity index (χ1) is 4.83. The Kier molecular flexibility index (Phi) is 3.30. The summed E-state index contributed by atoms with van der Waals surface area (Å²) in [5, 5.41) is 9.57. The molecule has 1 atom stereocenters. The van der Waals surface area contributed by atoms with Gasteiger partial charge >= 0.3 is 0 Å². The molecule has 0 amide bonds. The maximum absolute atomic E-state index is 9.57. The summed E-state index contributed by atoms with van der Waals surface area (Å²) in [5.74, 6) is 0. The zero-order valence-corrected chi connectivity index (χ0v) is 8.15. The molecule has 11 heavy (non-hydrogen) atoms. The lowest BCUT2D eigenvalue weighted by Gasteiger charge is -2.31. The van der Waals surface area contributed by atoms with Gasteiger partial charge in [-0.3, -0.25) is 0 Å². The molecular weight excluding hydrogens is 136 g/mol. The predicted molar refractivity (Wildman–Crippen MR) is 49.5 cm³/mol. The Morgan fingerprint density at radius 1 is 1.36 bits per heavy atom. The molecule has 1 N–H and O–H groups in total. The Hall–Kier alpha value is -0.300. The van der Waals surface area contributed by atoms with E-state index < -0.39 is 5.60 Å². The topological polar surface area (TPSA) is 20.2 Å². The van der Waals surface area contributed by atoms with Gasteiger partial charge in [0, 0.05) is 0 Å². The Bertz CT molecular complexity index is 132. The molecule has 0 bridgehead atoms. The highest BCUT2D eigenvalue weighted by Gasteiger charge is 2.26. The summed E-state index contributed by atoms with van der Waals surface area (Å²) in [6.45, 7) is 11.7. The number of rotatable bonds is 4. The van der Waals surface area contributed by atoms with Gasteiger partial charge in [0.1, 0.15) is 0 Å². The molecule has 1 nitrogen and oxygen atoms in total. The van der Waals surface area contributed by atoms with Gasteiger partial charge < -0.3 is 5.11 Å². The molecule has 0 aromatic carbocycles. The fraction of sp³-hybridized carbons (Fsp3) is 0.800. The van der Waals surface area contributed by atoms with E-state index in [1.165, 1.54) is 0 Å². The zero-order valence-electron chi connectivity index (χ0n) is 8.15. The highest BCUT2D eigenvalue weighted by atomic mass is 16.3. The summed E-state index contributed by atoms with van der Waals surface area (Å²) < 4.78 is 0. The third-order valence-corrected chi connectivity index (χ3v) is 2.14. The summed E-state index contributed by atoms with van der Waals surface area (Å²) in [4.78, 5) is 0. The lowest BCUT2D eigenvalue weighted by atomic mass is 9.78. The molecule has 0 rings (SSSR count). The normalized spacial score (nSPS) is 17.5. The van der Waals surface area contributed by atoms with Crippen LogP contribution in [0.3, 0.4) is 0 Å². The third kappa shape index (κ3) is 4.20. The lowest BCUT2D eigenvalue weighted by Crippen LogP contribution is -2.28. The van der Waals surface area contributed by atoms with E-state index in [0.717, 1.165) is 12.8 Å². The van der Waals surface area contributed by atoms with E-state index in [1.807, 2.05) is 19.9 Å². The number of hydrogen-bond acceptors (Lipinski definition) is 1. The first kappa shape index (κ1) is 10.7. The van der Waals surface area contributed by atoms with Gasteiger partial charge in [0.25, 0.3) is 0 Å². The Morgan fingerprint density at radius 2 is 1.82 bits per heavy atom. The fourth-order valence-electron chi connectivity index (χ4n) is 1.33. The Morgan fingerprint density at radius 3 is 1.91 bits per heavy atom. The van der Waals surface area contributed by atoms with Gasteiger partial charge in [-0.05, 0) is 32.1 Å². The van der Waals surface area contributed by atoms with Crippen molar-refractivity contribution in [1.82, 2.24) is 0 Å². The van der Waals surface area contributed by atoms with E-state index in [-0.39, 0.29) is 5.41 Å². The van der Waals surface area contributed by atoms with Crippen LogP contribution in [-0.2, 0) is 0 Å². The fourth-order valence-corrected chi connectivity index (χ4v) is 1.33. The summed E-state index contributed by atoms with van der Waals surface area (Å²) in [5.41, 5.74) is -0.503. The van der Waals surface area contributed by atoms with Crippen molar-refractivity contribution in [3.8, 4) is 0 Å². The number of hydrogen-bond donors (Lipinski definition) is 1. The van der Waals surface area contributed by atoms with Crippen molar-refractivity contribution < 1.29 is 5.11 Å². The third-order valence-electron chi connectivity index (χ3n) is 2.14. The van der Waals surface area contributed by atoms with Gasteiger partial charge in [0.15, 0.2) is 0 Å². The second kappa shape index (κ2) is 3.40. The highest BCUT2D eigenvalue weighted by Crippen LogP contribution is 2.32. The van der Waals surface area contributed by atoms with Crippen LogP contribution in [0, 0.1) is 5.41 Å². The van der Waals surface area contributed by atoms with Crippen LogP contribution >= 0.6 is 0 Å². The minimum atomic E-state index is -0.584. The van der Waals surface area contributed by atoms with Gasteiger partial charge in [0.2, 0.25) is 0 Å². The second-order valence-electron chi connectivity index (χ2n) is 4.20. The predicted octanol–water partition coefficient (Wildman–Crippen LogP) is 2.75. The quantitative estimate of drug-likeness (QED) is 0.620. The average Bonchev–Trinajstić information content (AvgIpc) is 1.84. The SMILES string of the molecule is C=CC(C)(CC)CC(C)(C)O. The molecular formula is C10H20O. The molecule has 0 aromatic rings. The summed E-state index contributed by atoms with van der Waals surface area (Å²) in [7, 11) is 0. The second-order valence-corrected chi connectivity index (χ2v) is 4.20. The van der Waals surface area contributed by atoms with Crippen LogP contribution in [0.15, 0.2) is 12.7 Å². The molecule has 0 heterocycles. The van der Waals surface area contributed by atoms with E-state index in [9.17, 15) is 5.11 Å². The molecule has 66 valence electrons. The zero-order chi connectivity index (χ0) is 9.12. The maximum atomic E-state index is 9.57. The van der Waals surface area contributed by atoms with Crippen LogP contribution < -0.4 is 0 Å². The first-order valence-corrected chi connectivity index (χ1v) is 4.19. The van der Waals surface area contributed by atoms with Crippen molar-refractivity contribution in [3.05, 3.63) is 12.7 Å². The van der Waals surface area contributed by atoms with Gasteiger partial charge in [-0.25, -0.2) is 0 Å². The highest BCUT2D eigenvalue weighted by molar-refractivity contribution is 4.93. The molecule has 0 aliphatic carbocycles. The van der Waals surface area contributed by atoms with Crippen LogP contribution in [0.5, 0.6) is 0 Å². The van der Waals surface area contributed by atoms with E-state index >= 15 is 0 Å². The average molecular weight is 156 g/mol. The molecule has 0 saturated carbocycles. The number of allylic oxidation sites excluding steroid dienone is 1. The summed E-state index contributed by atoms with van der Waals surface area (Å²) in [6.07, 6.45) is 3.74. The van der Waals surface area contributed by atoms with Crippen molar-refractivity contribution >= 4 is 0 Å². The minimum Gasteiger partial charge on any atom is -0.390 e. The molecule has 0 aliphatic heterocycles. The van der Waals surface area contributed by atoms with Gasteiger partial charge in [0.05, 0.1) is 5.60 Å². The van der Waals surface area contributed by atoms with E-state index in [2.05, 4.69) is 20.4 Å². The largest absolute Gasteiger partial charge is 0.390 e. The molecule has 0 aromatic heterocycles. The maximum Gasteiger partial charge on any atom is 0.0599 e. The minimum absolute atomic E-state index is 0.0816. The van der Waals surface area contributed by atoms with Gasteiger partial charge in [-0.1, -0.05) is 19.9 Å². The van der Waals surface area contributed by atoms with Crippen molar-refractivity contribution in [2.45, 2.75) is 46.1 Å². The van der Waals surface area contributed by atoms with Crippen molar-refractivity contribution in [3.63, 3.8) is 0 Å². The van der Waals surface area contributed by atoms with Crippen LogP contribution in [0.1, 0.15) is 40.5 Å². The standard InChI is InChI=1S/C10H20O/c1-6-10(5,7-2)8-9(3,4)11/h6,11H,1,7-8H2,2-5H3. The van der Waals surface area contributed by atoms with Crippen LogP contribution in [0.25, 0.3) is 0 Å². The number of aliphatic hydroxyl groups is 1.